The fourth-order valence-corrected chi connectivity index (χ4v) is 4.80. The van der Waals surface area contributed by atoms with Gasteiger partial charge in [-0.15, -0.1) is 0 Å². The van der Waals surface area contributed by atoms with Crippen LogP contribution in [0.15, 0.2) is 0 Å². The van der Waals surface area contributed by atoms with Gasteiger partial charge in [-0.3, -0.25) is 14.4 Å². The number of carbonyl (C=O) groups excluding carboxylic acids is 3. The Bertz CT molecular complexity index is 540. The van der Waals surface area contributed by atoms with E-state index >= 15 is 0 Å². The Morgan fingerprint density at radius 3 is 2.48 bits per heavy atom. The third-order valence-corrected chi connectivity index (χ3v) is 6.43. The number of nitrogens with zero attached hydrogens (tertiary/aromatic N) is 2. The van der Waals surface area contributed by atoms with Gasteiger partial charge in [-0.2, -0.15) is 0 Å². The topological polar surface area (TPSA) is 69.7 Å². The van der Waals surface area contributed by atoms with E-state index in [4.69, 9.17) is 0 Å². The van der Waals surface area contributed by atoms with Crippen molar-refractivity contribution in [2.75, 3.05) is 26.2 Å². The molecule has 3 amide bonds. The van der Waals surface area contributed by atoms with Crippen molar-refractivity contribution in [2.45, 2.75) is 64.8 Å². The van der Waals surface area contributed by atoms with Crippen LogP contribution in [0.2, 0.25) is 0 Å². The summed E-state index contributed by atoms with van der Waals surface area (Å²) < 4.78 is 0. The summed E-state index contributed by atoms with van der Waals surface area (Å²) in [6.07, 6.45) is 5.38. The van der Waals surface area contributed by atoms with E-state index in [-0.39, 0.29) is 29.7 Å². The molecule has 3 heterocycles. The van der Waals surface area contributed by atoms with E-state index in [0.29, 0.717) is 32.4 Å². The zero-order chi connectivity index (χ0) is 18.0. The summed E-state index contributed by atoms with van der Waals surface area (Å²) in [6, 6.07) is -0.132. The van der Waals surface area contributed by atoms with Gasteiger partial charge in [0.15, 0.2) is 0 Å². The molecule has 3 aliphatic rings. The van der Waals surface area contributed by atoms with Gasteiger partial charge in [-0.25, -0.2) is 0 Å². The van der Waals surface area contributed by atoms with Crippen molar-refractivity contribution in [3.8, 4) is 0 Å². The normalized spacial score (nSPS) is 29.6. The molecule has 6 nitrogen and oxygen atoms in total. The summed E-state index contributed by atoms with van der Waals surface area (Å²) in [5.74, 6) is 0.397. The molecule has 0 spiro atoms. The minimum absolute atomic E-state index is 0.0358. The molecule has 0 aromatic carbocycles. The third kappa shape index (κ3) is 3.27. The molecule has 0 aromatic rings. The van der Waals surface area contributed by atoms with Crippen molar-refractivity contribution in [3.05, 3.63) is 0 Å². The fourth-order valence-electron chi connectivity index (χ4n) is 4.80. The highest BCUT2D eigenvalue weighted by Crippen LogP contribution is 2.40. The predicted octanol–water partition coefficient (Wildman–Crippen LogP) is 1.54. The first-order valence-electron chi connectivity index (χ1n) is 9.89. The summed E-state index contributed by atoms with van der Waals surface area (Å²) in [4.78, 5) is 42.0. The number of fused-ring (bicyclic) bond motifs is 1. The van der Waals surface area contributed by atoms with E-state index in [2.05, 4.69) is 5.32 Å². The van der Waals surface area contributed by atoms with Crippen LogP contribution in [0.4, 0.5) is 0 Å². The van der Waals surface area contributed by atoms with Crippen molar-refractivity contribution in [1.82, 2.24) is 15.1 Å². The van der Waals surface area contributed by atoms with E-state index < -0.39 is 5.41 Å². The maximum Gasteiger partial charge on any atom is 0.232 e. The monoisotopic (exact) mass is 349 g/mol. The molecule has 6 heteroatoms. The minimum atomic E-state index is -0.627. The average molecular weight is 349 g/mol. The number of hydrogen-bond donors (Lipinski definition) is 1. The van der Waals surface area contributed by atoms with Crippen molar-refractivity contribution in [3.63, 3.8) is 0 Å². The predicted molar refractivity (Wildman–Crippen MR) is 94.7 cm³/mol. The third-order valence-electron chi connectivity index (χ3n) is 6.43. The number of nitrogens with one attached hydrogen (secondary N) is 1. The average Bonchev–Trinajstić information content (AvgIpc) is 3.16. The summed E-state index contributed by atoms with van der Waals surface area (Å²) in [6.45, 7) is 6.80. The van der Waals surface area contributed by atoms with Crippen LogP contribution in [0.5, 0.6) is 0 Å². The zero-order valence-corrected chi connectivity index (χ0v) is 15.6. The summed E-state index contributed by atoms with van der Waals surface area (Å²) in [5, 5.41) is 3.06. The first-order valence-corrected chi connectivity index (χ1v) is 9.89. The lowest BCUT2D eigenvalue weighted by atomic mass is 9.68. The summed E-state index contributed by atoms with van der Waals surface area (Å²) >= 11 is 0. The number of likely N-dealkylation sites (tertiary alicyclic amines) is 2. The smallest absolute Gasteiger partial charge is 0.232 e. The molecule has 0 unspecified atom stereocenters. The molecule has 0 aromatic heterocycles. The highest BCUT2D eigenvalue weighted by atomic mass is 16.2. The van der Waals surface area contributed by atoms with E-state index in [9.17, 15) is 14.4 Å². The van der Waals surface area contributed by atoms with Gasteiger partial charge in [-0.05, 0) is 38.5 Å². The zero-order valence-electron chi connectivity index (χ0n) is 15.6. The van der Waals surface area contributed by atoms with Crippen LogP contribution in [0.25, 0.3) is 0 Å². The number of carbonyl (C=O) groups is 3. The van der Waals surface area contributed by atoms with Crippen LogP contribution >= 0.6 is 0 Å². The molecule has 0 bridgehead atoms. The summed E-state index contributed by atoms with van der Waals surface area (Å²) in [7, 11) is 0. The summed E-state index contributed by atoms with van der Waals surface area (Å²) in [5.41, 5.74) is -0.627. The number of amides is 3. The second kappa shape index (κ2) is 7.34. The molecule has 0 radical (unpaired) electrons. The Balaban J connectivity index is 1.84. The van der Waals surface area contributed by atoms with Crippen molar-refractivity contribution >= 4 is 17.7 Å². The van der Waals surface area contributed by atoms with Gasteiger partial charge in [0.05, 0.1) is 5.41 Å². The molecule has 0 aliphatic carbocycles. The second-order valence-corrected chi connectivity index (χ2v) is 7.84. The second-order valence-electron chi connectivity index (χ2n) is 7.84. The molecule has 3 rings (SSSR count). The molecule has 1 N–H and O–H groups in total. The van der Waals surface area contributed by atoms with Gasteiger partial charge in [0, 0.05) is 44.6 Å². The van der Waals surface area contributed by atoms with Gasteiger partial charge in [0.25, 0.3) is 0 Å². The first-order chi connectivity index (χ1) is 12.0. The van der Waals surface area contributed by atoms with Gasteiger partial charge in [-0.1, -0.05) is 13.8 Å². The molecule has 3 aliphatic heterocycles. The fraction of sp³-hybridized carbons (Fsp3) is 0.842. The van der Waals surface area contributed by atoms with Crippen molar-refractivity contribution in [1.29, 1.82) is 0 Å². The van der Waals surface area contributed by atoms with E-state index in [1.807, 2.05) is 23.6 Å². The molecule has 0 saturated carbocycles. The maximum absolute atomic E-state index is 13.4. The molecule has 25 heavy (non-hydrogen) atoms. The van der Waals surface area contributed by atoms with Crippen LogP contribution < -0.4 is 5.32 Å². The minimum Gasteiger partial charge on any atom is -0.352 e. The maximum atomic E-state index is 13.4. The Morgan fingerprint density at radius 1 is 1.16 bits per heavy atom. The lowest BCUT2D eigenvalue weighted by Crippen LogP contribution is -2.67. The molecular formula is C19H31N3O3. The molecule has 3 fully saturated rings. The number of hydrogen-bond acceptors (Lipinski definition) is 3. The van der Waals surface area contributed by atoms with Crippen LogP contribution in [0.1, 0.15) is 58.8 Å². The Hall–Kier alpha value is -1.59. The SMILES string of the molecule is CCC(CC)C(=O)N1CC[C@H]2NC(=O)CC[C@]2(C(=O)N2CCCC2)C1. The van der Waals surface area contributed by atoms with Crippen LogP contribution in [0, 0.1) is 11.3 Å². The lowest BCUT2D eigenvalue weighted by Gasteiger charge is -2.51. The van der Waals surface area contributed by atoms with Crippen molar-refractivity contribution < 1.29 is 14.4 Å². The van der Waals surface area contributed by atoms with Crippen LogP contribution in [-0.4, -0.2) is 59.7 Å². The first kappa shape index (κ1) is 18.2. The van der Waals surface area contributed by atoms with E-state index in [1.165, 1.54) is 0 Å². The Kier molecular flexibility index (Phi) is 5.35. The number of piperidine rings is 2. The van der Waals surface area contributed by atoms with Crippen LogP contribution in [-0.2, 0) is 14.4 Å². The Labute approximate surface area is 150 Å². The Morgan fingerprint density at radius 2 is 1.84 bits per heavy atom. The molecule has 3 saturated heterocycles. The van der Waals surface area contributed by atoms with Crippen LogP contribution in [0.3, 0.4) is 0 Å². The molecule has 2 atom stereocenters. The molecular weight excluding hydrogens is 318 g/mol. The highest BCUT2D eigenvalue weighted by Gasteiger charge is 2.54. The van der Waals surface area contributed by atoms with Crippen molar-refractivity contribution in [2.24, 2.45) is 11.3 Å². The van der Waals surface area contributed by atoms with Gasteiger partial charge in [0.1, 0.15) is 0 Å². The number of rotatable bonds is 4. The molecule has 140 valence electrons. The largest absolute Gasteiger partial charge is 0.352 e. The standard InChI is InChI=1S/C19H31N3O3/c1-3-14(4-2)17(24)22-12-8-15-19(13-22,9-7-16(23)20-15)18(25)21-10-5-6-11-21/h14-15H,3-13H2,1-2H3,(H,20,23)/t15-,19+/m1/s1. The van der Waals surface area contributed by atoms with Gasteiger partial charge >= 0.3 is 0 Å². The highest BCUT2D eigenvalue weighted by molar-refractivity contribution is 5.89. The van der Waals surface area contributed by atoms with Gasteiger partial charge in [0.2, 0.25) is 17.7 Å². The lowest BCUT2D eigenvalue weighted by molar-refractivity contribution is -0.156. The quantitative estimate of drug-likeness (QED) is 0.837. The van der Waals surface area contributed by atoms with Gasteiger partial charge < -0.3 is 15.1 Å². The van der Waals surface area contributed by atoms with E-state index in [0.717, 1.165) is 38.8 Å². The van der Waals surface area contributed by atoms with E-state index in [1.54, 1.807) is 0 Å².